The first kappa shape index (κ1) is 14.7. The lowest BCUT2D eigenvalue weighted by Crippen LogP contribution is -2.14. The van der Waals surface area contributed by atoms with Crippen molar-refractivity contribution >= 4 is 34.6 Å². The number of nitrogens with two attached hydrogens (primary N) is 1. The molecule has 8 heteroatoms. The van der Waals surface area contributed by atoms with Crippen LogP contribution in [0.2, 0.25) is 5.02 Å². The second-order valence-electron chi connectivity index (χ2n) is 4.11. The van der Waals surface area contributed by atoms with Crippen LogP contribution in [0.5, 0.6) is 0 Å². The van der Waals surface area contributed by atoms with E-state index in [2.05, 4.69) is 5.32 Å². The van der Waals surface area contributed by atoms with Gasteiger partial charge in [-0.25, -0.2) is 4.39 Å². The minimum absolute atomic E-state index is 0.0315. The van der Waals surface area contributed by atoms with Crippen LogP contribution in [-0.4, -0.2) is 10.8 Å². The number of halogens is 2. The zero-order valence-corrected chi connectivity index (χ0v) is 11.2. The number of hydrogen-bond acceptors (Lipinski definition) is 4. The minimum atomic E-state index is -0.662. The van der Waals surface area contributed by atoms with Crippen molar-refractivity contribution in [3.8, 4) is 0 Å². The molecular formula is C13H9ClFN3O3. The molecule has 2 aromatic rings. The fraction of sp³-hybridized carbons (Fsp3) is 0. The van der Waals surface area contributed by atoms with Crippen LogP contribution < -0.4 is 11.1 Å². The first-order valence-corrected chi connectivity index (χ1v) is 6.06. The second-order valence-corrected chi connectivity index (χ2v) is 4.52. The molecule has 0 aliphatic rings. The number of amides is 1. The Morgan fingerprint density at radius 3 is 2.62 bits per heavy atom. The number of nitro benzene ring substituents is 1. The van der Waals surface area contributed by atoms with Crippen LogP contribution in [0.1, 0.15) is 10.4 Å². The van der Waals surface area contributed by atoms with Crippen molar-refractivity contribution in [2.45, 2.75) is 0 Å². The van der Waals surface area contributed by atoms with Gasteiger partial charge in [0.15, 0.2) is 0 Å². The Balaban J connectivity index is 2.27. The Hall–Kier alpha value is -2.67. The Bertz CT molecular complexity index is 737. The number of rotatable bonds is 3. The lowest BCUT2D eigenvalue weighted by Gasteiger charge is -2.08. The molecule has 0 atom stereocenters. The van der Waals surface area contributed by atoms with Crippen molar-refractivity contribution in [3.05, 3.63) is 62.9 Å². The average Bonchev–Trinajstić information content (AvgIpc) is 2.40. The summed E-state index contributed by atoms with van der Waals surface area (Å²) in [5.74, 6) is -1.17. The van der Waals surface area contributed by atoms with E-state index in [0.717, 1.165) is 18.2 Å². The van der Waals surface area contributed by atoms with E-state index in [1.54, 1.807) is 0 Å². The number of nitro groups is 1. The van der Waals surface area contributed by atoms with Gasteiger partial charge in [-0.1, -0.05) is 11.6 Å². The van der Waals surface area contributed by atoms with Crippen LogP contribution in [0.15, 0.2) is 36.4 Å². The van der Waals surface area contributed by atoms with Crippen LogP contribution in [0, 0.1) is 15.9 Å². The number of carbonyl (C=O) groups is 1. The van der Waals surface area contributed by atoms with Gasteiger partial charge in [-0.3, -0.25) is 14.9 Å². The molecule has 0 fully saturated rings. The smallest absolute Gasteiger partial charge is 0.289 e. The summed E-state index contributed by atoms with van der Waals surface area (Å²) >= 11 is 5.67. The molecule has 0 radical (unpaired) electrons. The molecule has 0 saturated heterocycles. The van der Waals surface area contributed by atoms with E-state index in [9.17, 15) is 19.3 Å². The summed E-state index contributed by atoms with van der Waals surface area (Å²) in [6, 6.07) is 7.16. The van der Waals surface area contributed by atoms with Crippen molar-refractivity contribution in [2.24, 2.45) is 0 Å². The maximum Gasteiger partial charge on any atom is 0.289 e. The molecule has 0 aromatic heterocycles. The Morgan fingerprint density at radius 2 is 2.00 bits per heavy atom. The first-order chi connectivity index (χ1) is 9.88. The topological polar surface area (TPSA) is 98.3 Å². The molecule has 2 rings (SSSR count). The fourth-order valence-corrected chi connectivity index (χ4v) is 1.86. The molecule has 6 nitrogen and oxygen atoms in total. The molecule has 1 amide bonds. The van der Waals surface area contributed by atoms with Gasteiger partial charge in [0.1, 0.15) is 10.8 Å². The standard InChI is InChI=1S/C13H9ClFN3O3/c14-10-4-2-8(6-12(10)18(20)21)17-13(19)9-3-1-7(15)5-11(9)16/h1-6H,16H2,(H,17,19). The highest BCUT2D eigenvalue weighted by Crippen LogP contribution is 2.27. The SMILES string of the molecule is Nc1cc(F)ccc1C(=O)Nc1ccc(Cl)c([N+](=O)[O-])c1. The van der Waals surface area contributed by atoms with Gasteiger partial charge >= 0.3 is 0 Å². The van der Waals surface area contributed by atoms with E-state index in [1.807, 2.05) is 0 Å². The minimum Gasteiger partial charge on any atom is -0.398 e. The van der Waals surface area contributed by atoms with Gasteiger partial charge in [-0.15, -0.1) is 0 Å². The van der Waals surface area contributed by atoms with Crippen molar-refractivity contribution in [2.75, 3.05) is 11.1 Å². The quantitative estimate of drug-likeness (QED) is 0.516. The van der Waals surface area contributed by atoms with E-state index in [4.69, 9.17) is 17.3 Å². The molecular weight excluding hydrogens is 301 g/mol. The molecule has 0 spiro atoms. The third kappa shape index (κ3) is 3.26. The predicted octanol–water partition coefficient (Wildman–Crippen LogP) is 3.22. The highest BCUT2D eigenvalue weighted by molar-refractivity contribution is 6.32. The van der Waals surface area contributed by atoms with E-state index >= 15 is 0 Å². The molecule has 21 heavy (non-hydrogen) atoms. The molecule has 3 N–H and O–H groups in total. The summed E-state index contributed by atoms with van der Waals surface area (Å²) in [5, 5.41) is 13.2. The Kier molecular flexibility index (Phi) is 4.04. The van der Waals surface area contributed by atoms with Gasteiger partial charge in [-0.05, 0) is 30.3 Å². The summed E-state index contributed by atoms with van der Waals surface area (Å²) in [5.41, 5.74) is 5.43. The van der Waals surface area contributed by atoms with E-state index in [1.165, 1.54) is 18.2 Å². The van der Waals surface area contributed by atoms with Crippen LogP contribution in [-0.2, 0) is 0 Å². The van der Waals surface area contributed by atoms with E-state index in [-0.39, 0.29) is 27.6 Å². The molecule has 0 aliphatic carbocycles. The number of carbonyl (C=O) groups excluding carboxylic acids is 1. The van der Waals surface area contributed by atoms with Crippen LogP contribution in [0.4, 0.5) is 21.5 Å². The summed E-state index contributed by atoms with van der Waals surface area (Å²) in [7, 11) is 0. The largest absolute Gasteiger partial charge is 0.398 e. The molecule has 0 heterocycles. The van der Waals surface area contributed by atoms with Gasteiger partial charge in [-0.2, -0.15) is 0 Å². The third-order valence-corrected chi connectivity index (χ3v) is 2.98. The predicted molar refractivity (Wildman–Crippen MR) is 76.9 cm³/mol. The van der Waals surface area contributed by atoms with Crippen LogP contribution >= 0.6 is 11.6 Å². The Morgan fingerprint density at radius 1 is 1.29 bits per heavy atom. The summed E-state index contributed by atoms with van der Waals surface area (Å²) < 4.78 is 12.9. The van der Waals surface area contributed by atoms with Gasteiger partial charge < -0.3 is 11.1 Å². The van der Waals surface area contributed by atoms with Crippen molar-refractivity contribution in [1.82, 2.24) is 0 Å². The van der Waals surface area contributed by atoms with E-state index < -0.39 is 16.6 Å². The van der Waals surface area contributed by atoms with Gasteiger partial charge in [0.05, 0.1) is 10.5 Å². The molecule has 0 saturated carbocycles. The molecule has 2 aromatic carbocycles. The van der Waals surface area contributed by atoms with Gasteiger partial charge in [0.2, 0.25) is 0 Å². The maximum atomic E-state index is 12.9. The average molecular weight is 310 g/mol. The molecule has 108 valence electrons. The van der Waals surface area contributed by atoms with Crippen molar-refractivity contribution < 1.29 is 14.1 Å². The summed E-state index contributed by atoms with van der Waals surface area (Å²) in [6.45, 7) is 0. The normalized spacial score (nSPS) is 10.2. The molecule has 0 bridgehead atoms. The maximum absolute atomic E-state index is 12.9. The third-order valence-electron chi connectivity index (χ3n) is 2.66. The monoisotopic (exact) mass is 309 g/mol. The zero-order valence-electron chi connectivity index (χ0n) is 10.5. The zero-order chi connectivity index (χ0) is 15.6. The first-order valence-electron chi connectivity index (χ1n) is 5.69. The highest BCUT2D eigenvalue weighted by atomic mass is 35.5. The highest BCUT2D eigenvalue weighted by Gasteiger charge is 2.15. The number of nitrogens with one attached hydrogen (secondary N) is 1. The lowest BCUT2D eigenvalue weighted by atomic mass is 10.1. The van der Waals surface area contributed by atoms with Crippen molar-refractivity contribution in [1.29, 1.82) is 0 Å². The molecule has 0 aliphatic heterocycles. The number of benzene rings is 2. The number of anilines is 2. The fourth-order valence-electron chi connectivity index (χ4n) is 1.67. The summed E-state index contributed by atoms with van der Waals surface area (Å²) in [4.78, 5) is 22.1. The summed E-state index contributed by atoms with van der Waals surface area (Å²) in [6.07, 6.45) is 0. The van der Waals surface area contributed by atoms with Crippen LogP contribution in [0.3, 0.4) is 0 Å². The number of hydrogen-bond donors (Lipinski definition) is 2. The number of nitrogens with zero attached hydrogens (tertiary/aromatic N) is 1. The second kappa shape index (κ2) is 5.76. The lowest BCUT2D eigenvalue weighted by molar-refractivity contribution is -0.384. The molecule has 0 unspecified atom stereocenters. The number of nitrogen functional groups attached to an aromatic ring is 1. The Labute approximate surface area is 123 Å². The van der Waals surface area contributed by atoms with Gasteiger partial charge in [0, 0.05) is 17.4 Å². The van der Waals surface area contributed by atoms with Crippen molar-refractivity contribution in [3.63, 3.8) is 0 Å². The van der Waals surface area contributed by atoms with Crippen LogP contribution in [0.25, 0.3) is 0 Å². The van der Waals surface area contributed by atoms with Gasteiger partial charge in [0.25, 0.3) is 11.6 Å². The van der Waals surface area contributed by atoms with E-state index in [0.29, 0.717) is 0 Å².